The van der Waals surface area contributed by atoms with Gasteiger partial charge in [0, 0.05) is 17.7 Å². The second kappa shape index (κ2) is 8.86. The lowest BCUT2D eigenvalue weighted by Gasteiger charge is -2.14. The molecule has 0 saturated carbocycles. The minimum Gasteiger partial charge on any atom is -0.493 e. The van der Waals surface area contributed by atoms with Crippen LogP contribution >= 0.6 is 0 Å². The molecule has 1 aromatic carbocycles. The molecule has 0 atom stereocenters. The molecule has 1 aromatic rings. The summed E-state index contributed by atoms with van der Waals surface area (Å²) in [6.07, 6.45) is 1.60. The van der Waals surface area contributed by atoms with E-state index in [1.807, 2.05) is 13.8 Å². The highest BCUT2D eigenvalue weighted by Gasteiger charge is 2.18. The monoisotopic (exact) mass is 347 g/mol. The first-order valence-corrected chi connectivity index (χ1v) is 8.00. The summed E-state index contributed by atoms with van der Waals surface area (Å²) < 4.78 is 14.9. The van der Waals surface area contributed by atoms with Crippen LogP contribution in [-0.2, 0) is 23.8 Å². The molecule has 2 rings (SSSR count). The number of hydrogen-bond acceptors (Lipinski definition) is 6. The standard InChI is InChI=1S/C18H21NO6/c1-12(2)9-17(21)19-14-5-3-13(4-6-14)15(20)10-25-18(22)16-11-23-7-8-24-16/h3-6,11-12H,7-10H2,1-2H3,(H,19,21). The summed E-state index contributed by atoms with van der Waals surface area (Å²) in [7, 11) is 0. The van der Waals surface area contributed by atoms with Crippen molar-refractivity contribution in [1.29, 1.82) is 0 Å². The van der Waals surface area contributed by atoms with E-state index in [0.717, 1.165) is 0 Å². The van der Waals surface area contributed by atoms with Crippen molar-refractivity contribution in [2.24, 2.45) is 5.92 Å². The van der Waals surface area contributed by atoms with E-state index < -0.39 is 12.6 Å². The molecule has 0 bridgehead atoms. The molecule has 0 saturated heterocycles. The lowest BCUT2D eigenvalue weighted by molar-refractivity contribution is -0.143. The summed E-state index contributed by atoms with van der Waals surface area (Å²) in [4.78, 5) is 35.5. The molecule has 0 spiro atoms. The summed E-state index contributed by atoms with van der Waals surface area (Å²) in [5, 5.41) is 2.76. The molecule has 0 aliphatic carbocycles. The van der Waals surface area contributed by atoms with Crippen molar-refractivity contribution in [1.82, 2.24) is 0 Å². The number of carbonyl (C=O) groups is 3. The van der Waals surface area contributed by atoms with E-state index in [0.29, 0.717) is 24.3 Å². The second-order valence-electron chi connectivity index (χ2n) is 5.92. The molecule has 1 N–H and O–H groups in total. The van der Waals surface area contributed by atoms with Gasteiger partial charge in [0.05, 0.1) is 0 Å². The Balaban J connectivity index is 1.84. The van der Waals surface area contributed by atoms with Crippen LogP contribution in [0.1, 0.15) is 30.6 Å². The van der Waals surface area contributed by atoms with E-state index >= 15 is 0 Å². The predicted octanol–water partition coefficient (Wildman–Crippen LogP) is 2.29. The number of ketones is 1. The highest BCUT2D eigenvalue weighted by atomic mass is 16.6. The molecule has 25 heavy (non-hydrogen) atoms. The fourth-order valence-corrected chi connectivity index (χ4v) is 2.08. The van der Waals surface area contributed by atoms with E-state index in [1.165, 1.54) is 6.26 Å². The minimum absolute atomic E-state index is 0.0535. The molecular weight excluding hydrogens is 326 g/mol. The number of rotatable bonds is 7. The first-order valence-electron chi connectivity index (χ1n) is 8.00. The summed E-state index contributed by atoms with van der Waals surface area (Å²) in [6, 6.07) is 6.41. The zero-order chi connectivity index (χ0) is 18.2. The lowest BCUT2D eigenvalue weighted by Crippen LogP contribution is -2.20. The van der Waals surface area contributed by atoms with Crippen molar-refractivity contribution in [3.63, 3.8) is 0 Å². The number of carbonyl (C=O) groups excluding carboxylic acids is 3. The molecule has 1 aliphatic heterocycles. The number of amides is 1. The van der Waals surface area contributed by atoms with Crippen LogP contribution in [0, 0.1) is 5.92 Å². The fraction of sp³-hybridized carbons (Fsp3) is 0.389. The summed E-state index contributed by atoms with van der Waals surface area (Å²) in [6.45, 7) is 4.15. The van der Waals surface area contributed by atoms with Crippen molar-refractivity contribution in [3.8, 4) is 0 Å². The largest absolute Gasteiger partial charge is 0.493 e. The Morgan fingerprint density at radius 1 is 1.16 bits per heavy atom. The summed E-state index contributed by atoms with van der Waals surface area (Å²) >= 11 is 0. The van der Waals surface area contributed by atoms with Gasteiger partial charge in [-0.25, -0.2) is 4.79 Å². The smallest absolute Gasteiger partial charge is 0.377 e. The molecule has 0 aromatic heterocycles. The molecule has 0 radical (unpaired) electrons. The van der Waals surface area contributed by atoms with Crippen molar-refractivity contribution in [3.05, 3.63) is 41.9 Å². The maximum atomic E-state index is 12.1. The van der Waals surface area contributed by atoms with Gasteiger partial charge in [0.15, 0.2) is 12.4 Å². The third-order valence-electron chi connectivity index (χ3n) is 3.27. The molecule has 134 valence electrons. The summed E-state index contributed by atoms with van der Waals surface area (Å²) in [5.41, 5.74) is 0.988. The maximum absolute atomic E-state index is 12.1. The number of esters is 1. The van der Waals surface area contributed by atoms with E-state index in [9.17, 15) is 14.4 Å². The number of hydrogen-bond donors (Lipinski definition) is 1. The second-order valence-corrected chi connectivity index (χ2v) is 5.92. The van der Waals surface area contributed by atoms with Crippen LogP contribution in [-0.4, -0.2) is 37.5 Å². The number of anilines is 1. The molecular formula is C18H21NO6. The Kier molecular flexibility index (Phi) is 6.56. The van der Waals surface area contributed by atoms with E-state index in [-0.39, 0.29) is 30.0 Å². The van der Waals surface area contributed by atoms with Gasteiger partial charge in [0.25, 0.3) is 0 Å². The number of benzene rings is 1. The zero-order valence-corrected chi connectivity index (χ0v) is 14.2. The number of ether oxygens (including phenoxy) is 3. The van der Waals surface area contributed by atoms with Gasteiger partial charge in [-0.15, -0.1) is 0 Å². The Morgan fingerprint density at radius 3 is 2.48 bits per heavy atom. The van der Waals surface area contributed by atoms with Crippen LogP contribution in [0.15, 0.2) is 36.3 Å². The van der Waals surface area contributed by atoms with Crippen LogP contribution in [0.5, 0.6) is 0 Å². The molecule has 7 heteroatoms. The summed E-state index contributed by atoms with van der Waals surface area (Å²) in [5.74, 6) is -0.964. The maximum Gasteiger partial charge on any atom is 0.377 e. The average molecular weight is 347 g/mol. The van der Waals surface area contributed by atoms with Crippen molar-refractivity contribution in [2.45, 2.75) is 20.3 Å². The van der Waals surface area contributed by atoms with Gasteiger partial charge in [-0.3, -0.25) is 9.59 Å². The Hall–Kier alpha value is -2.83. The third-order valence-corrected chi connectivity index (χ3v) is 3.27. The molecule has 0 fully saturated rings. The van der Waals surface area contributed by atoms with Crippen molar-refractivity contribution >= 4 is 23.3 Å². The normalized spacial score (nSPS) is 13.3. The lowest BCUT2D eigenvalue weighted by atomic mass is 10.1. The molecule has 0 unspecified atom stereocenters. The van der Waals surface area contributed by atoms with Gasteiger partial charge in [0.2, 0.25) is 11.7 Å². The van der Waals surface area contributed by atoms with Crippen molar-refractivity contribution < 1.29 is 28.6 Å². The van der Waals surface area contributed by atoms with Gasteiger partial charge in [-0.2, -0.15) is 0 Å². The first kappa shape index (κ1) is 18.5. The van der Waals surface area contributed by atoms with Gasteiger partial charge < -0.3 is 19.5 Å². The first-order chi connectivity index (χ1) is 12.0. The molecule has 1 amide bonds. The third kappa shape index (κ3) is 5.95. The highest BCUT2D eigenvalue weighted by molar-refractivity contribution is 5.99. The van der Waals surface area contributed by atoms with E-state index in [2.05, 4.69) is 5.32 Å². The highest BCUT2D eigenvalue weighted by Crippen LogP contribution is 2.12. The van der Waals surface area contributed by atoms with Gasteiger partial charge in [-0.1, -0.05) is 13.8 Å². The quantitative estimate of drug-likeness (QED) is 0.601. The average Bonchev–Trinajstić information content (AvgIpc) is 2.60. The number of Topliss-reactive ketones (excluding diaryl/α,β-unsaturated/α-hetero) is 1. The van der Waals surface area contributed by atoms with E-state index in [1.54, 1.807) is 24.3 Å². The minimum atomic E-state index is -0.745. The van der Waals surface area contributed by atoms with Crippen LogP contribution in [0.2, 0.25) is 0 Å². The predicted molar refractivity (Wildman–Crippen MR) is 89.8 cm³/mol. The fourth-order valence-electron chi connectivity index (χ4n) is 2.08. The van der Waals surface area contributed by atoms with Crippen LogP contribution in [0.3, 0.4) is 0 Å². The van der Waals surface area contributed by atoms with Crippen LogP contribution in [0.25, 0.3) is 0 Å². The Morgan fingerprint density at radius 2 is 1.88 bits per heavy atom. The topological polar surface area (TPSA) is 90.9 Å². The van der Waals surface area contributed by atoms with Gasteiger partial charge in [0.1, 0.15) is 19.5 Å². The van der Waals surface area contributed by atoms with Gasteiger partial charge >= 0.3 is 5.97 Å². The van der Waals surface area contributed by atoms with Crippen LogP contribution < -0.4 is 5.32 Å². The SMILES string of the molecule is CC(C)CC(=O)Nc1ccc(C(=O)COC(=O)C2=COCCO2)cc1. The van der Waals surface area contributed by atoms with Crippen LogP contribution in [0.4, 0.5) is 5.69 Å². The number of nitrogens with one attached hydrogen (secondary N) is 1. The Bertz CT molecular complexity index is 663. The molecule has 7 nitrogen and oxygen atoms in total. The molecule has 1 aliphatic rings. The van der Waals surface area contributed by atoms with Crippen molar-refractivity contribution in [2.75, 3.05) is 25.1 Å². The van der Waals surface area contributed by atoms with Gasteiger partial charge in [-0.05, 0) is 30.2 Å². The molecule has 1 heterocycles. The Labute approximate surface area is 145 Å². The zero-order valence-electron chi connectivity index (χ0n) is 14.2. The van der Waals surface area contributed by atoms with E-state index in [4.69, 9.17) is 14.2 Å².